The van der Waals surface area contributed by atoms with E-state index in [4.69, 9.17) is 4.74 Å². The van der Waals surface area contributed by atoms with Crippen molar-refractivity contribution < 1.29 is 22.7 Å². The number of esters is 1. The molecule has 0 amide bonds. The number of ketones is 1. The minimum Gasteiger partial charge on any atom is -0.451 e. The fourth-order valence-electron chi connectivity index (χ4n) is 3.33. The Hall–Kier alpha value is -3.19. The van der Waals surface area contributed by atoms with Crippen molar-refractivity contribution in [2.75, 3.05) is 6.26 Å². The molecule has 0 aliphatic rings. The van der Waals surface area contributed by atoms with Gasteiger partial charge in [0.1, 0.15) is 0 Å². The molecule has 7 heteroatoms. The lowest BCUT2D eigenvalue weighted by Gasteiger charge is -2.13. The van der Waals surface area contributed by atoms with Crippen LogP contribution in [0.15, 0.2) is 65.6 Å². The number of para-hydroxylation sites is 1. The Bertz CT molecular complexity index is 1190. The monoisotopic (exact) mass is 425 g/mol. The van der Waals surface area contributed by atoms with Crippen LogP contribution in [-0.4, -0.2) is 37.1 Å². The number of benzene rings is 2. The summed E-state index contributed by atoms with van der Waals surface area (Å²) in [6.07, 6.45) is 0.101. The summed E-state index contributed by atoms with van der Waals surface area (Å²) in [6, 6.07) is 16.9. The minimum absolute atomic E-state index is 0.108. The van der Waals surface area contributed by atoms with Crippen molar-refractivity contribution in [1.82, 2.24) is 4.57 Å². The number of rotatable bonds is 6. The molecule has 0 unspecified atom stereocenters. The fourth-order valence-corrected chi connectivity index (χ4v) is 3.96. The van der Waals surface area contributed by atoms with Crippen LogP contribution in [0.1, 0.15) is 39.0 Å². The second-order valence-corrected chi connectivity index (χ2v) is 9.18. The lowest BCUT2D eigenvalue weighted by molar-refractivity contribution is 0.0318. The van der Waals surface area contributed by atoms with Crippen molar-refractivity contribution in [2.45, 2.75) is 31.8 Å². The van der Waals surface area contributed by atoms with Gasteiger partial charge in [0.2, 0.25) is 5.78 Å². The third kappa shape index (κ3) is 4.36. The lowest BCUT2D eigenvalue weighted by atomic mass is 10.1. The van der Waals surface area contributed by atoms with Crippen LogP contribution < -0.4 is 0 Å². The van der Waals surface area contributed by atoms with Gasteiger partial charge in [-0.15, -0.1) is 0 Å². The number of carbonyl (C=O) groups is 2. The quantitative estimate of drug-likeness (QED) is 0.441. The Balaban J connectivity index is 1.79. The van der Waals surface area contributed by atoms with Gasteiger partial charge in [-0.3, -0.25) is 4.79 Å². The fraction of sp³-hybridized carbons (Fsp3) is 0.217. The van der Waals surface area contributed by atoms with E-state index in [1.807, 2.05) is 48.7 Å². The highest BCUT2D eigenvalue weighted by atomic mass is 32.2. The van der Waals surface area contributed by atoms with Crippen molar-refractivity contribution in [2.24, 2.45) is 0 Å². The highest BCUT2D eigenvalue weighted by molar-refractivity contribution is 7.90. The Morgan fingerprint density at radius 3 is 2.13 bits per heavy atom. The first-order chi connectivity index (χ1) is 14.1. The molecule has 0 N–H and O–H groups in total. The second kappa shape index (κ2) is 8.28. The number of Topliss-reactive ketones (excluding diaryl/α,β-unsaturated/α-hetero) is 1. The molecule has 0 fully saturated rings. The molecular formula is C23H23NO5S. The molecule has 0 bridgehead atoms. The third-order valence-corrected chi connectivity index (χ3v) is 6.01. The van der Waals surface area contributed by atoms with Crippen molar-refractivity contribution in [3.8, 4) is 5.69 Å². The zero-order valence-electron chi connectivity index (χ0n) is 17.2. The van der Waals surface area contributed by atoms with Crippen LogP contribution in [0.3, 0.4) is 0 Å². The molecule has 30 heavy (non-hydrogen) atoms. The molecule has 1 heterocycles. The summed E-state index contributed by atoms with van der Waals surface area (Å²) >= 11 is 0. The van der Waals surface area contributed by atoms with Crippen LogP contribution in [-0.2, 0) is 14.6 Å². The molecule has 0 aliphatic heterocycles. The van der Waals surface area contributed by atoms with Crippen molar-refractivity contribution in [1.29, 1.82) is 0 Å². The van der Waals surface area contributed by atoms with Crippen LogP contribution in [0.2, 0.25) is 0 Å². The van der Waals surface area contributed by atoms with E-state index in [1.165, 1.54) is 31.2 Å². The first-order valence-corrected chi connectivity index (χ1v) is 11.3. The minimum atomic E-state index is -3.36. The zero-order chi connectivity index (χ0) is 22.1. The first kappa shape index (κ1) is 21.5. The van der Waals surface area contributed by atoms with Crippen LogP contribution in [0.25, 0.3) is 5.69 Å². The smallest absolute Gasteiger partial charge is 0.338 e. The van der Waals surface area contributed by atoms with Crippen molar-refractivity contribution in [3.63, 3.8) is 0 Å². The molecular weight excluding hydrogens is 402 g/mol. The molecule has 6 nitrogen and oxygen atoms in total. The topological polar surface area (TPSA) is 82.4 Å². The average molecular weight is 426 g/mol. The van der Waals surface area contributed by atoms with Gasteiger partial charge in [-0.1, -0.05) is 18.2 Å². The molecule has 0 spiro atoms. The van der Waals surface area contributed by atoms with Gasteiger partial charge in [0, 0.05) is 28.9 Å². The predicted molar refractivity (Wildman–Crippen MR) is 114 cm³/mol. The lowest BCUT2D eigenvalue weighted by Crippen LogP contribution is -2.25. The van der Waals surface area contributed by atoms with E-state index in [2.05, 4.69) is 0 Å². The van der Waals surface area contributed by atoms with Gasteiger partial charge >= 0.3 is 5.97 Å². The standard InChI is InChI=1S/C23H23NO5S/c1-15-14-21(16(2)24(15)19-8-6-5-7-9-19)22(25)17(3)29-23(26)18-10-12-20(13-11-18)30(4,27)28/h5-14,17H,1-4H3/t17-/m0/s1. The van der Waals surface area contributed by atoms with Gasteiger partial charge in [-0.2, -0.15) is 0 Å². The van der Waals surface area contributed by atoms with Gasteiger partial charge in [-0.25, -0.2) is 13.2 Å². The highest BCUT2D eigenvalue weighted by Gasteiger charge is 2.25. The van der Waals surface area contributed by atoms with Gasteiger partial charge in [-0.05, 0) is 63.2 Å². The normalized spacial score (nSPS) is 12.4. The molecule has 0 saturated heterocycles. The van der Waals surface area contributed by atoms with Crippen LogP contribution >= 0.6 is 0 Å². The summed E-state index contributed by atoms with van der Waals surface area (Å²) in [5.41, 5.74) is 3.28. The maximum absolute atomic E-state index is 12.9. The molecule has 1 atom stereocenters. The van der Waals surface area contributed by atoms with Crippen LogP contribution in [0.4, 0.5) is 0 Å². The third-order valence-electron chi connectivity index (χ3n) is 4.88. The van der Waals surface area contributed by atoms with Crippen LogP contribution in [0, 0.1) is 13.8 Å². The maximum atomic E-state index is 12.9. The summed E-state index contributed by atoms with van der Waals surface area (Å²) in [7, 11) is -3.36. The summed E-state index contributed by atoms with van der Waals surface area (Å²) in [4.78, 5) is 25.5. The maximum Gasteiger partial charge on any atom is 0.338 e. The Morgan fingerprint density at radius 1 is 0.967 bits per heavy atom. The molecule has 0 aliphatic carbocycles. The number of sulfone groups is 1. The van der Waals surface area contributed by atoms with Crippen molar-refractivity contribution >= 4 is 21.6 Å². The number of hydrogen-bond acceptors (Lipinski definition) is 5. The molecule has 0 saturated carbocycles. The SMILES string of the molecule is Cc1cc(C(=O)[C@H](C)OC(=O)c2ccc(S(C)(=O)=O)cc2)c(C)n1-c1ccccc1. The zero-order valence-corrected chi connectivity index (χ0v) is 18.1. The molecule has 0 radical (unpaired) electrons. The first-order valence-electron chi connectivity index (χ1n) is 9.39. The van der Waals surface area contributed by atoms with Crippen LogP contribution in [0.5, 0.6) is 0 Å². The summed E-state index contributed by atoms with van der Waals surface area (Å²) in [5, 5.41) is 0. The Labute approximate surface area is 176 Å². The number of aromatic nitrogens is 1. The average Bonchev–Trinajstić information content (AvgIpc) is 3.01. The van der Waals surface area contributed by atoms with Gasteiger partial charge in [0.15, 0.2) is 15.9 Å². The summed E-state index contributed by atoms with van der Waals surface area (Å²) < 4.78 is 30.4. The van der Waals surface area contributed by atoms with Gasteiger partial charge in [0.05, 0.1) is 10.5 Å². The number of ether oxygens (including phenoxy) is 1. The van der Waals surface area contributed by atoms with E-state index in [1.54, 1.807) is 6.07 Å². The van der Waals surface area contributed by atoms with E-state index in [0.29, 0.717) is 5.56 Å². The Morgan fingerprint density at radius 2 is 1.57 bits per heavy atom. The molecule has 1 aromatic heterocycles. The molecule has 2 aromatic carbocycles. The molecule has 156 valence electrons. The van der Waals surface area contributed by atoms with Gasteiger partial charge in [0.25, 0.3) is 0 Å². The van der Waals surface area contributed by atoms with Gasteiger partial charge < -0.3 is 9.30 Å². The second-order valence-electron chi connectivity index (χ2n) is 7.16. The summed E-state index contributed by atoms with van der Waals surface area (Å²) in [6.45, 7) is 5.29. The van der Waals surface area contributed by atoms with E-state index in [9.17, 15) is 18.0 Å². The van der Waals surface area contributed by atoms with E-state index in [0.717, 1.165) is 23.3 Å². The van der Waals surface area contributed by atoms with E-state index >= 15 is 0 Å². The summed E-state index contributed by atoms with van der Waals surface area (Å²) in [5.74, 6) is -0.987. The van der Waals surface area contributed by atoms with E-state index < -0.39 is 21.9 Å². The van der Waals surface area contributed by atoms with E-state index in [-0.39, 0.29) is 16.2 Å². The number of nitrogens with zero attached hydrogens (tertiary/aromatic N) is 1. The predicted octanol–water partition coefficient (Wildman–Crippen LogP) is 3.93. The Kier molecular flexibility index (Phi) is 5.94. The number of carbonyl (C=O) groups excluding carboxylic acids is 2. The largest absolute Gasteiger partial charge is 0.451 e. The number of aryl methyl sites for hydroxylation is 1. The number of hydrogen-bond donors (Lipinski definition) is 0. The highest BCUT2D eigenvalue weighted by Crippen LogP contribution is 2.23. The van der Waals surface area contributed by atoms with Crippen molar-refractivity contribution in [3.05, 3.63) is 83.2 Å². The molecule has 3 aromatic rings. The molecule has 3 rings (SSSR count).